The van der Waals surface area contributed by atoms with Gasteiger partial charge in [-0.1, -0.05) is 0 Å². The number of carbonyl (C=O) groups excluding carboxylic acids is 2. The Labute approximate surface area is 301 Å². The lowest BCUT2D eigenvalue weighted by molar-refractivity contribution is -0.141. The molecule has 2 aromatic carbocycles. The average Bonchev–Trinajstić information content (AvgIpc) is 3.40. The molecule has 290 valence electrons. The molecule has 0 aliphatic carbocycles. The van der Waals surface area contributed by atoms with E-state index in [1.54, 1.807) is 30.9 Å². The van der Waals surface area contributed by atoms with Crippen LogP contribution in [-0.4, -0.2) is 97.2 Å². The van der Waals surface area contributed by atoms with Crippen LogP contribution in [0.3, 0.4) is 0 Å². The normalized spacial score (nSPS) is 19.5. The van der Waals surface area contributed by atoms with Crippen molar-refractivity contribution in [2.45, 2.75) is 75.9 Å². The highest BCUT2D eigenvalue weighted by Gasteiger charge is 2.48. The number of aliphatic imine (C=N–C) groups is 1. The van der Waals surface area contributed by atoms with E-state index in [-0.39, 0.29) is 69.2 Å². The summed E-state index contributed by atoms with van der Waals surface area (Å²) < 4.78 is 125. The number of hydrogen-bond acceptors (Lipinski definition) is 7. The minimum Gasteiger partial charge on any atom is -0.493 e. The summed E-state index contributed by atoms with van der Waals surface area (Å²) in [4.78, 5) is 32.2. The minimum atomic E-state index is -4.93. The number of halogens is 7. The fraction of sp³-hybridized carbons (Fsp3) is 0.514. The number of likely N-dealkylation sites (tertiary alicyclic amines) is 1. The first-order valence-corrected chi connectivity index (χ1v) is 18.4. The van der Waals surface area contributed by atoms with Crippen LogP contribution in [-0.2, 0) is 21.0 Å². The summed E-state index contributed by atoms with van der Waals surface area (Å²) in [7, 11) is -4.00. The van der Waals surface area contributed by atoms with E-state index in [4.69, 9.17) is 4.74 Å². The van der Waals surface area contributed by atoms with Gasteiger partial charge in [-0.2, -0.15) is 30.6 Å². The molecule has 3 aliphatic rings. The number of amides is 2. The second kappa shape index (κ2) is 15.0. The molecular formula is C35H39F7N4O6S. The third-order valence-electron chi connectivity index (χ3n) is 9.79. The van der Waals surface area contributed by atoms with Crippen LogP contribution < -0.4 is 10.1 Å². The highest BCUT2D eigenvalue weighted by atomic mass is 32.2. The van der Waals surface area contributed by atoms with Crippen molar-refractivity contribution >= 4 is 33.7 Å². The molecule has 0 radical (unpaired) electrons. The molecule has 2 amide bonds. The van der Waals surface area contributed by atoms with Crippen LogP contribution in [0.2, 0.25) is 0 Å². The van der Waals surface area contributed by atoms with E-state index in [0.29, 0.717) is 28.3 Å². The van der Waals surface area contributed by atoms with Gasteiger partial charge in [0.15, 0.2) is 0 Å². The topological polar surface area (TPSA) is 129 Å². The van der Waals surface area contributed by atoms with Gasteiger partial charge in [-0.3, -0.25) is 14.6 Å². The molecule has 53 heavy (non-hydrogen) atoms. The summed E-state index contributed by atoms with van der Waals surface area (Å²) in [6.45, 7) is 2.13. The standard InChI is InChI=1S/C35H39F7N4O6S/c1-22-18-25(30(47)45-12-8-32(49,21-36)9-13-45)19-23(2)26(22)6-17-53(50,51)46-14-10-33(11-15-46)31(48)43-29(44-33)24-4-5-28(27(20-24)35(40,41)42)52-16-3-7-34(37,38)39/h4-6,17-20,49H,3,7-16,21H2,1-2H3,(H,43,44,48)/b17-6+. The van der Waals surface area contributed by atoms with E-state index in [0.717, 1.165) is 11.5 Å². The predicted molar refractivity (Wildman–Crippen MR) is 180 cm³/mol. The smallest absolute Gasteiger partial charge is 0.419 e. The van der Waals surface area contributed by atoms with Gasteiger partial charge in [0.05, 0.1) is 17.8 Å². The number of sulfonamides is 1. The van der Waals surface area contributed by atoms with Crippen LogP contribution in [0.4, 0.5) is 30.7 Å². The van der Waals surface area contributed by atoms with Gasteiger partial charge < -0.3 is 20.1 Å². The molecule has 3 heterocycles. The highest BCUT2D eigenvalue weighted by molar-refractivity contribution is 7.92. The number of aryl methyl sites for hydroxylation is 2. The van der Waals surface area contributed by atoms with Gasteiger partial charge in [0.2, 0.25) is 10.0 Å². The second-order valence-electron chi connectivity index (χ2n) is 13.6. The van der Waals surface area contributed by atoms with Gasteiger partial charge in [-0.25, -0.2) is 12.8 Å². The second-order valence-corrected chi connectivity index (χ2v) is 15.5. The van der Waals surface area contributed by atoms with Crippen molar-refractivity contribution in [3.05, 3.63) is 69.1 Å². The molecular weight excluding hydrogens is 737 g/mol. The quantitative estimate of drug-likeness (QED) is 0.236. The molecule has 0 unspecified atom stereocenters. The zero-order valence-electron chi connectivity index (χ0n) is 28.9. The summed E-state index contributed by atoms with van der Waals surface area (Å²) in [6.07, 6.45) is -9.63. The SMILES string of the molecule is Cc1cc(C(=O)N2CCC(O)(CF)CC2)cc(C)c1/C=C/S(=O)(=O)N1CCC2(CC1)N=C(c1ccc(OCCCC(F)(F)F)c(C(F)(F)F)c1)NC2=O. The number of hydrogen-bond donors (Lipinski definition) is 2. The Bertz CT molecular complexity index is 1870. The van der Waals surface area contributed by atoms with E-state index < -0.39 is 76.9 Å². The Hall–Kier alpha value is -4.03. The Morgan fingerprint density at radius 2 is 1.62 bits per heavy atom. The number of amidine groups is 1. The van der Waals surface area contributed by atoms with Gasteiger partial charge in [-0.05, 0) is 99.0 Å². The molecule has 10 nitrogen and oxygen atoms in total. The number of nitrogens with zero attached hydrogens (tertiary/aromatic N) is 3. The maximum absolute atomic E-state index is 13.9. The van der Waals surface area contributed by atoms with E-state index in [9.17, 15) is 53.8 Å². The van der Waals surface area contributed by atoms with Gasteiger partial charge >= 0.3 is 12.4 Å². The molecule has 3 aliphatic heterocycles. The number of rotatable bonds is 10. The maximum Gasteiger partial charge on any atom is 0.419 e. The fourth-order valence-corrected chi connectivity index (χ4v) is 7.80. The minimum absolute atomic E-state index is 0.0595. The zero-order valence-corrected chi connectivity index (χ0v) is 29.7. The molecule has 1 spiro atoms. The van der Waals surface area contributed by atoms with Crippen molar-refractivity contribution < 1.29 is 58.6 Å². The molecule has 18 heteroatoms. The van der Waals surface area contributed by atoms with Crippen LogP contribution in [0.15, 0.2) is 40.7 Å². The first kappa shape index (κ1) is 40.2. The number of alkyl halides is 7. The Morgan fingerprint density at radius 1 is 1.00 bits per heavy atom. The summed E-state index contributed by atoms with van der Waals surface area (Å²) in [5.41, 5.74) is -2.00. The van der Waals surface area contributed by atoms with Crippen molar-refractivity contribution in [2.75, 3.05) is 39.5 Å². The van der Waals surface area contributed by atoms with E-state index in [2.05, 4.69) is 10.3 Å². The summed E-state index contributed by atoms with van der Waals surface area (Å²) in [6, 6.07) is 6.11. The van der Waals surface area contributed by atoms with Gasteiger partial charge in [0, 0.05) is 49.1 Å². The van der Waals surface area contributed by atoms with Crippen LogP contribution in [0.5, 0.6) is 5.75 Å². The lowest BCUT2D eigenvalue weighted by Gasteiger charge is -2.36. The first-order valence-electron chi connectivity index (χ1n) is 16.8. The lowest BCUT2D eigenvalue weighted by Crippen LogP contribution is -2.50. The van der Waals surface area contributed by atoms with Crippen molar-refractivity contribution in [3.8, 4) is 5.75 Å². The Balaban J connectivity index is 1.24. The van der Waals surface area contributed by atoms with Crippen molar-refractivity contribution in [3.63, 3.8) is 0 Å². The number of carbonyl (C=O) groups is 2. The molecule has 5 rings (SSSR count). The average molecular weight is 777 g/mol. The molecule has 2 aromatic rings. The molecule has 0 bridgehead atoms. The fourth-order valence-electron chi connectivity index (χ4n) is 6.63. The van der Waals surface area contributed by atoms with E-state index in [1.165, 1.54) is 16.4 Å². The number of aliphatic hydroxyl groups is 1. The number of piperidine rings is 2. The van der Waals surface area contributed by atoms with Crippen LogP contribution in [0.1, 0.15) is 76.7 Å². The van der Waals surface area contributed by atoms with E-state index in [1.807, 2.05) is 0 Å². The van der Waals surface area contributed by atoms with Crippen LogP contribution in [0.25, 0.3) is 6.08 Å². The Kier molecular flexibility index (Phi) is 11.4. The Morgan fingerprint density at radius 3 is 2.19 bits per heavy atom. The molecule has 0 atom stereocenters. The molecule has 2 N–H and O–H groups in total. The highest BCUT2D eigenvalue weighted by Crippen LogP contribution is 2.39. The predicted octanol–water partition coefficient (Wildman–Crippen LogP) is 5.69. The number of benzene rings is 2. The van der Waals surface area contributed by atoms with Crippen LogP contribution in [0, 0.1) is 13.8 Å². The van der Waals surface area contributed by atoms with Crippen molar-refractivity contribution in [1.29, 1.82) is 0 Å². The third kappa shape index (κ3) is 9.20. The van der Waals surface area contributed by atoms with Gasteiger partial charge in [-0.15, -0.1) is 0 Å². The largest absolute Gasteiger partial charge is 0.493 e. The summed E-state index contributed by atoms with van der Waals surface area (Å²) in [5, 5.41) is 13.7. The van der Waals surface area contributed by atoms with Crippen LogP contribution >= 0.6 is 0 Å². The number of nitrogens with one attached hydrogen (secondary N) is 1. The van der Waals surface area contributed by atoms with E-state index >= 15 is 0 Å². The lowest BCUT2D eigenvalue weighted by atomic mass is 9.89. The van der Waals surface area contributed by atoms with Crippen molar-refractivity contribution in [2.24, 2.45) is 4.99 Å². The summed E-state index contributed by atoms with van der Waals surface area (Å²) >= 11 is 0. The molecule has 0 saturated carbocycles. The maximum atomic E-state index is 13.9. The monoisotopic (exact) mass is 776 g/mol. The zero-order chi connectivity index (χ0) is 39.0. The van der Waals surface area contributed by atoms with Gasteiger partial charge in [0.25, 0.3) is 11.8 Å². The molecule has 2 fully saturated rings. The first-order chi connectivity index (χ1) is 24.7. The van der Waals surface area contributed by atoms with Gasteiger partial charge in [0.1, 0.15) is 23.8 Å². The number of ether oxygens (including phenoxy) is 1. The third-order valence-corrected chi connectivity index (χ3v) is 11.4. The molecule has 0 aromatic heterocycles. The van der Waals surface area contributed by atoms with Crippen molar-refractivity contribution in [1.82, 2.24) is 14.5 Å². The summed E-state index contributed by atoms with van der Waals surface area (Å²) in [5.74, 6) is -1.72. The molecule has 2 saturated heterocycles.